The second-order valence-electron chi connectivity index (χ2n) is 6.41. The molecular formula is C20H24O4S. The first-order valence-corrected chi connectivity index (χ1v) is 10.1. The molecule has 0 spiro atoms. The predicted octanol–water partition coefficient (Wildman–Crippen LogP) is 4.29. The van der Waals surface area contributed by atoms with Crippen molar-refractivity contribution in [2.45, 2.75) is 38.5 Å². The Kier molecular flexibility index (Phi) is 6.37. The van der Waals surface area contributed by atoms with Crippen molar-refractivity contribution in [3.05, 3.63) is 59.7 Å². The molecular weight excluding hydrogens is 336 g/mol. The van der Waals surface area contributed by atoms with E-state index in [-0.39, 0.29) is 16.6 Å². The zero-order valence-corrected chi connectivity index (χ0v) is 15.7. The largest absolute Gasteiger partial charge is 0.423 e. The van der Waals surface area contributed by atoms with E-state index in [1.54, 1.807) is 42.5 Å². The molecule has 0 aliphatic heterocycles. The highest BCUT2D eigenvalue weighted by atomic mass is 32.2. The third-order valence-corrected chi connectivity index (χ3v) is 5.72. The minimum Gasteiger partial charge on any atom is -0.423 e. The van der Waals surface area contributed by atoms with E-state index in [2.05, 4.69) is 0 Å². The van der Waals surface area contributed by atoms with E-state index < -0.39 is 15.8 Å². The van der Waals surface area contributed by atoms with Crippen LogP contribution in [0.3, 0.4) is 0 Å². The molecule has 0 atom stereocenters. The van der Waals surface area contributed by atoms with Crippen LogP contribution >= 0.6 is 0 Å². The molecule has 0 aromatic heterocycles. The Morgan fingerprint density at radius 2 is 1.72 bits per heavy atom. The standard InChI is InChI=1S/C20H24O4S/c1-4-13-25(22,23)19-12-8-11-18(17(19)14-15(2)3)24-20(21)16-9-6-5-7-10-16/h5-12,15H,4,13-14H2,1-3H3. The number of hydrogen-bond acceptors (Lipinski definition) is 4. The highest BCUT2D eigenvalue weighted by Gasteiger charge is 2.23. The molecule has 2 rings (SSSR count). The van der Waals surface area contributed by atoms with Gasteiger partial charge in [-0.25, -0.2) is 13.2 Å². The number of carbonyl (C=O) groups excluding carboxylic acids is 1. The number of rotatable bonds is 7. The second-order valence-corrected chi connectivity index (χ2v) is 8.48. The molecule has 0 N–H and O–H groups in total. The Balaban J connectivity index is 2.45. The van der Waals surface area contributed by atoms with Gasteiger partial charge in [0, 0.05) is 5.56 Å². The van der Waals surface area contributed by atoms with Crippen LogP contribution in [0.2, 0.25) is 0 Å². The van der Waals surface area contributed by atoms with Crippen LogP contribution in [0.5, 0.6) is 5.75 Å². The first-order chi connectivity index (χ1) is 11.8. The molecule has 0 radical (unpaired) electrons. The average molecular weight is 360 g/mol. The van der Waals surface area contributed by atoms with Gasteiger partial charge in [0.15, 0.2) is 9.84 Å². The van der Waals surface area contributed by atoms with Gasteiger partial charge in [0.1, 0.15) is 5.75 Å². The summed E-state index contributed by atoms with van der Waals surface area (Å²) in [6, 6.07) is 13.6. The highest BCUT2D eigenvalue weighted by Crippen LogP contribution is 2.30. The monoisotopic (exact) mass is 360 g/mol. The summed E-state index contributed by atoms with van der Waals surface area (Å²) in [6.07, 6.45) is 1.06. The Morgan fingerprint density at radius 3 is 2.32 bits per heavy atom. The van der Waals surface area contributed by atoms with Crippen molar-refractivity contribution < 1.29 is 17.9 Å². The van der Waals surface area contributed by atoms with Crippen LogP contribution in [0.25, 0.3) is 0 Å². The lowest BCUT2D eigenvalue weighted by Crippen LogP contribution is -2.14. The Hall–Kier alpha value is -2.14. The van der Waals surface area contributed by atoms with E-state index in [9.17, 15) is 13.2 Å². The van der Waals surface area contributed by atoms with Gasteiger partial charge in [0.2, 0.25) is 0 Å². The van der Waals surface area contributed by atoms with E-state index >= 15 is 0 Å². The Labute approximate surface area is 149 Å². The smallest absolute Gasteiger partial charge is 0.343 e. The number of sulfone groups is 1. The lowest BCUT2D eigenvalue weighted by atomic mass is 10.0. The summed E-state index contributed by atoms with van der Waals surface area (Å²) >= 11 is 0. The third kappa shape index (κ3) is 4.92. The minimum absolute atomic E-state index is 0.0776. The van der Waals surface area contributed by atoms with Gasteiger partial charge in [-0.3, -0.25) is 0 Å². The zero-order valence-electron chi connectivity index (χ0n) is 14.9. The van der Waals surface area contributed by atoms with Gasteiger partial charge < -0.3 is 4.74 Å². The second kappa shape index (κ2) is 8.30. The van der Waals surface area contributed by atoms with Crippen LogP contribution in [-0.4, -0.2) is 20.1 Å². The van der Waals surface area contributed by atoms with Gasteiger partial charge >= 0.3 is 5.97 Å². The molecule has 134 valence electrons. The van der Waals surface area contributed by atoms with E-state index in [0.29, 0.717) is 29.7 Å². The van der Waals surface area contributed by atoms with Crippen LogP contribution in [0, 0.1) is 5.92 Å². The SMILES string of the molecule is CCCS(=O)(=O)c1cccc(OC(=O)c2ccccc2)c1CC(C)C. The number of ether oxygens (including phenoxy) is 1. The third-order valence-electron chi connectivity index (χ3n) is 3.72. The fourth-order valence-electron chi connectivity index (χ4n) is 2.65. The zero-order chi connectivity index (χ0) is 18.4. The van der Waals surface area contributed by atoms with Crippen LogP contribution in [-0.2, 0) is 16.3 Å². The predicted molar refractivity (Wildman–Crippen MR) is 98.7 cm³/mol. The fraction of sp³-hybridized carbons (Fsp3) is 0.350. The average Bonchev–Trinajstić information content (AvgIpc) is 2.56. The van der Waals surface area contributed by atoms with E-state index in [1.807, 2.05) is 26.8 Å². The number of benzene rings is 2. The van der Waals surface area contributed by atoms with Gasteiger partial charge in [-0.05, 0) is 43.0 Å². The molecule has 0 aliphatic rings. The topological polar surface area (TPSA) is 60.4 Å². The molecule has 0 saturated heterocycles. The van der Waals surface area contributed by atoms with Crippen molar-refractivity contribution in [2.75, 3.05) is 5.75 Å². The molecule has 0 fully saturated rings. The van der Waals surface area contributed by atoms with Gasteiger partial charge in [0.05, 0.1) is 16.2 Å². The Morgan fingerprint density at radius 1 is 1.04 bits per heavy atom. The molecule has 4 nitrogen and oxygen atoms in total. The molecule has 0 unspecified atom stereocenters. The van der Waals surface area contributed by atoms with Crippen molar-refractivity contribution in [1.82, 2.24) is 0 Å². The minimum atomic E-state index is -3.40. The summed E-state index contributed by atoms with van der Waals surface area (Å²) in [4.78, 5) is 12.6. The van der Waals surface area contributed by atoms with E-state index in [0.717, 1.165) is 0 Å². The molecule has 2 aromatic rings. The van der Waals surface area contributed by atoms with Crippen LogP contribution < -0.4 is 4.74 Å². The maximum absolute atomic E-state index is 12.6. The lowest BCUT2D eigenvalue weighted by molar-refractivity contribution is 0.0732. The molecule has 5 heteroatoms. The molecule has 0 bridgehead atoms. The first-order valence-electron chi connectivity index (χ1n) is 8.47. The summed E-state index contributed by atoms with van der Waals surface area (Å²) in [6.45, 7) is 5.84. The summed E-state index contributed by atoms with van der Waals surface area (Å²) in [5, 5.41) is 0. The van der Waals surface area contributed by atoms with Crippen molar-refractivity contribution in [2.24, 2.45) is 5.92 Å². The molecule has 25 heavy (non-hydrogen) atoms. The summed E-state index contributed by atoms with van der Waals surface area (Å²) in [7, 11) is -3.40. The van der Waals surface area contributed by atoms with Gasteiger partial charge in [0.25, 0.3) is 0 Å². The lowest BCUT2D eigenvalue weighted by Gasteiger charge is -2.16. The molecule has 0 saturated carbocycles. The number of hydrogen-bond donors (Lipinski definition) is 0. The maximum atomic E-state index is 12.6. The van der Waals surface area contributed by atoms with Crippen molar-refractivity contribution >= 4 is 15.8 Å². The number of esters is 1. The van der Waals surface area contributed by atoms with E-state index in [4.69, 9.17) is 4.74 Å². The molecule has 0 aliphatic carbocycles. The number of carbonyl (C=O) groups is 1. The van der Waals surface area contributed by atoms with Crippen LogP contribution in [0.1, 0.15) is 43.1 Å². The van der Waals surface area contributed by atoms with Crippen LogP contribution in [0.4, 0.5) is 0 Å². The quantitative estimate of drug-likeness (QED) is 0.546. The highest BCUT2D eigenvalue weighted by molar-refractivity contribution is 7.91. The normalized spacial score (nSPS) is 11.5. The molecule has 2 aromatic carbocycles. The summed E-state index contributed by atoms with van der Waals surface area (Å²) < 4.78 is 30.7. The van der Waals surface area contributed by atoms with Gasteiger partial charge in [-0.2, -0.15) is 0 Å². The maximum Gasteiger partial charge on any atom is 0.343 e. The van der Waals surface area contributed by atoms with Crippen molar-refractivity contribution in [3.8, 4) is 5.75 Å². The van der Waals surface area contributed by atoms with Crippen molar-refractivity contribution in [3.63, 3.8) is 0 Å². The van der Waals surface area contributed by atoms with Gasteiger partial charge in [-0.1, -0.05) is 45.0 Å². The van der Waals surface area contributed by atoms with Crippen LogP contribution in [0.15, 0.2) is 53.4 Å². The first kappa shape index (κ1) is 19.2. The van der Waals surface area contributed by atoms with Gasteiger partial charge in [-0.15, -0.1) is 0 Å². The van der Waals surface area contributed by atoms with E-state index in [1.165, 1.54) is 0 Å². The summed E-state index contributed by atoms with van der Waals surface area (Å²) in [5.41, 5.74) is 1.01. The summed E-state index contributed by atoms with van der Waals surface area (Å²) in [5.74, 6) is 0.135. The Bertz CT molecular complexity index is 824. The fourth-order valence-corrected chi connectivity index (χ4v) is 4.26. The molecule has 0 amide bonds. The van der Waals surface area contributed by atoms with Crippen molar-refractivity contribution in [1.29, 1.82) is 0 Å². The molecule has 0 heterocycles.